The van der Waals surface area contributed by atoms with E-state index in [0.29, 0.717) is 0 Å². The Bertz CT molecular complexity index is 120. The molecule has 0 aliphatic carbocycles. The predicted octanol–water partition coefficient (Wildman–Crippen LogP) is -0.0180. The van der Waals surface area contributed by atoms with Crippen LogP contribution in [0.3, 0.4) is 0 Å². The van der Waals surface area contributed by atoms with Crippen LogP contribution in [0.5, 0.6) is 0 Å². The molecule has 9 heavy (non-hydrogen) atoms. The van der Waals surface area contributed by atoms with Gasteiger partial charge in [-0.2, -0.15) is 0 Å². The molecule has 5 nitrogen and oxygen atoms in total. The molecule has 0 unspecified atom stereocenters. The fourth-order valence-electron chi connectivity index (χ4n) is 0.645. The topological polar surface area (TPSA) is 61.6 Å². The van der Waals surface area contributed by atoms with Crippen LogP contribution in [0, 0.1) is 10.1 Å². The molecule has 0 N–H and O–H groups in total. The molecular formula is C4H7NO4. The summed E-state index contributed by atoms with van der Waals surface area (Å²) in [5.41, 5.74) is 0. The highest BCUT2D eigenvalue weighted by Crippen LogP contribution is 2.14. The van der Waals surface area contributed by atoms with E-state index < -0.39 is 11.2 Å². The molecule has 52 valence electrons. The lowest BCUT2D eigenvalue weighted by Gasteiger charge is -2.30. The van der Waals surface area contributed by atoms with Gasteiger partial charge in [-0.15, -0.1) is 0 Å². The Kier molecular flexibility index (Phi) is 1.63. The second-order valence-corrected chi connectivity index (χ2v) is 1.78. The fourth-order valence-corrected chi connectivity index (χ4v) is 0.645. The molecule has 1 aliphatic heterocycles. The first-order valence-corrected chi connectivity index (χ1v) is 2.61. The average molecular weight is 133 g/mol. The SMILES string of the molecule is CC1OC(C[N+](=O)[O-])O1. The molecule has 5 heteroatoms. The highest BCUT2D eigenvalue weighted by Gasteiger charge is 2.30. The van der Waals surface area contributed by atoms with Crippen LogP contribution in [-0.2, 0) is 9.47 Å². The van der Waals surface area contributed by atoms with Gasteiger partial charge in [-0.25, -0.2) is 0 Å². The summed E-state index contributed by atoms with van der Waals surface area (Å²) in [6.45, 7) is 1.43. The van der Waals surface area contributed by atoms with Crippen molar-refractivity contribution in [3.63, 3.8) is 0 Å². The van der Waals surface area contributed by atoms with Gasteiger partial charge >= 0.3 is 0 Å². The molecule has 1 rings (SSSR count). The van der Waals surface area contributed by atoms with Crippen LogP contribution in [0.4, 0.5) is 0 Å². The average Bonchev–Trinajstić information content (AvgIpc) is 1.60. The van der Waals surface area contributed by atoms with E-state index >= 15 is 0 Å². The zero-order valence-electron chi connectivity index (χ0n) is 4.94. The molecule has 1 fully saturated rings. The predicted molar refractivity (Wildman–Crippen MR) is 27.3 cm³/mol. The lowest BCUT2D eigenvalue weighted by molar-refractivity contribution is -0.537. The second kappa shape index (κ2) is 2.28. The Morgan fingerprint density at radius 1 is 1.67 bits per heavy atom. The minimum Gasteiger partial charge on any atom is -0.317 e. The molecule has 1 aliphatic rings. The van der Waals surface area contributed by atoms with Gasteiger partial charge in [0.05, 0.1) is 0 Å². The lowest BCUT2D eigenvalue weighted by atomic mass is 10.5. The first-order valence-electron chi connectivity index (χ1n) is 2.61. The van der Waals surface area contributed by atoms with Gasteiger partial charge in [0.2, 0.25) is 6.29 Å². The molecule has 0 bridgehead atoms. The van der Waals surface area contributed by atoms with Gasteiger partial charge in [-0.05, 0) is 6.92 Å². The first kappa shape index (κ1) is 6.44. The molecule has 1 saturated heterocycles. The van der Waals surface area contributed by atoms with Gasteiger partial charge < -0.3 is 9.47 Å². The van der Waals surface area contributed by atoms with E-state index in [-0.39, 0.29) is 12.8 Å². The minimum atomic E-state index is -0.616. The summed E-state index contributed by atoms with van der Waals surface area (Å²) >= 11 is 0. The van der Waals surface area contributed by atoms with Crippen molar-refractivity contribution in [2.75, 3.05) is 6.54 Å². The van der Waals surface area contributed by atoms with E-state index in [9.17, 15) is 10.1 Å². The highest BCUT2D eigenvalue weighted by atomic mass is 16.9. The van der Waals surface area contributed by atoms with Crippen molar-refractivity contribution in [3.05, 3.63) is 10.1 Å². The molecule has 0 aromatic heterocycles. The van der Waals surface area contributed by atoms with Crippen LogP contribution in [0.15, 0.2) is 0 Å². The maximum absolute atomic E-state index is 9.75. The maximum atomic E-state index is 9.75. The summed E-state index contributed by atoms with van der Waals surface area (Å²) in [6.07, 6.45) is -0.884. The third-order valence-electron chi connectivity index (χ3n) is 0.985. The van der Waals surface area contributed by atoms with E-state index in [2.05, 4.69) is 0 Å². The van der Waals surface area contributed by atoms with Crippen LogP contribution < -0.4 is 0 Å². The third kappa shape index (κ3) is 1.62. The van der Waals surface area contributed by atoms with E-state index in [1.807, 2.05) is 0 Å². The van der Waals surface area contributed by atoms with Crippen molar-refractivity contribution in [3.8, 4) is 0 Å². The molecule has 0 radical (unpaired) electrons. The monoisotopic (exact) mass is 133 g/mol. The van der Waals surface area contributed by atoms with Crippen molar-refractivity contribution < 1.29 is 14.4 Å². The second-order valence-electron chi connectivity index (χ2n) is 1.78. The fraction of sp³-hybridized carbons (Fsp3) is 1.00. The summed E-state index contributed by atoms with van der Waals surface area (Å²) in [7, 11) is 0. The summed E-state index contributed by atoms with van der Waals surface area (Å²) < 4.78 is 9.57. The quantitative estimate of drug-likeness (QED) is 0.392. The highest BCUT2D eigenvalue weighted by molar-refractivity contribution is 4.51. The van der Waals surface area contributed by atoms with Crippen LogP contribution in [-0.4, -0.2) is 24.0 Å². The molecule has 1 heterocycles. The summed E-state index contributed by atoms with van der Waals surface area (Å²) in [5.74, 6) is 0. The van der Waals surface area contributed by atoms with Gasteiger partial charge in [0.1, 0.15) is 0 Å². The number of nitrogens with zero attached hydrogens (tertiary/aromatic N) is 1. The van der Waals surface area contributed by atoms with Gasteiger partial charge in [-0.3, -0.25) is 10.1 Å². The summed E-state index contributed by atoms with van der Waals surface area (Å²) in [5, 5.41) is 9.75. The van der Waals surface area contributed by atoms with Crippen LogP contribution >= 0.6 is 0 Å². The number of ether oxygens (including phenoxy) is 2. The normalized spacial score (nSPS) is 33.4. The number of hydrogen-bond donors (Lipinski definition) is 0. The molecule has 0 aromatic rings. The van der Waals surface area contributed by atoms with Gasteiger partial charge in [0.25, 0.3) is 6.54 Å². The van der Waals surface area contributed by atoms with Gasteiger partial charge in [0, 0.05) is 4.92 Å². The Morgan fingerprint density at radius 3 is 2.56 bits per heavy atom. The summed E-state index contributed by atoms with van der Waals surface area (Å²) in [6, 6.07) is 0. The molecule has 0 atom stereocenters. The number of hydrogen-bond acceptors (Lipinski definition) is 4. The standard InChI is InChI=1S/C4H7NO4/c1-3-8-4(9-3)2-5(6)7/h3-4H,2H2,1H3. The van der Waals surface area contributed by atoms with Gasteiger partial charge in [0.15, 0.2) is 6.29 Å². The first-order chi connectivity index (χ1) is 4.18. The summed E-state index contributed by atoms with van der Waals surface area (Å²) in [4.78, 5) is 9.29. The molecule has 0 aromatic carbocycles. The Hall–Kier alpha value is -0.680. The van der Waals surface area contributed by atoms with Crippen LogP contribution in [0.25, 0.3) is 0 Å². The maximum Gasteiger partial charge on any atom is 0.254 e. The lowest BCUT2D eigenvalue weighted by Crippen LogP contribution is -2.43. The van der Waals surface area contributed by atoms with Crippen LogP contribution in [0.2, 0.25) is 0 Å². The van der Waals surface area contributed by atoms with E-state index in [1.165, 1.54) is 0 Å². The Labute approximate surface area is 51.7 Å². The van der Waals surface area contributed by atoms with Crippen molar-refractivity contribution in [1.29, 1.82) is 0 Å². The zero-order chi connectivity index (χ0) is 6.85. The minimum absolute atomic E-state index is 0.260. The molecule has 0 amide bonds. The van der Waals surface area contributed by atoms with Crippen molar-refractivity contribution >= 4 is 0 Å². The zero-order valence-corrected chi connectivity index (χ0v) is 4.94. The Balaban J connectivity index is 2.11. The molecular weight excluding hydrogens is 126 g/mol. The molecule has 0 spiro atoms. The van der Waals surface area contributed by atoms with Crippen LogP contribution in [0.1, 0.15) is 6.92 Å². The smallest absolute Gasteiger partial charge is 0.254 e. The Morgan fingerprint density at radius 2 is 2.22 bits per heavy atom. The van der Waals surface area contributed by atoms with Gasteiger partial charge in [-0.1, -0.05) is 0 Å². The third-order valence-corrected chi connectivity index (χ3v) is 0.985. The number of nitro groups is 1. The van der Waals surface area contributed by atoms with Crippen molar-refractivity contribution in [1.82, 2.24) is 0 Å². The number of rotatable bonds is 2. The van der Waals surface area contributed by atoms with E-state index in [4.69, 9.17) is 9.47 Å². The largest absolute Gasteiger partial charge is 0.317 e. The van der Waals surface area contributed by atoms with E-state index in [0.717, 1.165) is 0 Å². The molecule has 0 saturated carbocycles. The van der Waals surface area contributed by atoms with Crippen molar-refractivity contribution in [2.45, 2.75) is 19.5 Å². The van der Waals surface area contributed by atoms with Crippen molar-refractivity contribution in [2.24, 2.45) is 0 Å². The van der Waals surface area contributed by atoms with E-state index in [1.54, 1.807) is 6.92 Å².